The fraction of sp³-hybridized carbons (Fsp3) is 0.636. The monoisotopic (exact) mass is 516 g/mol. The Morgan fingerprint density at radius 2 is 1.44 bits per heavy atom. The molecule has 4 amide bonds. The van der Waals surface area contributed by atoms with E-state index in [0.29, 0.717) is 24.6 Å². The van der Waals surface area contributed by atoms with E-state index < -0.39 is 0 Å². The predicted octanol–water partition coefficient (Wildman–Crippen LogP) is 0.0685. The Bertz CT molecular complexity index is 767. The number of nitrogens with zero attached hydrogens (tertiary/aromatic N) is 2. The lowest BCUT2D eigenvalue weighted by Crippen LogP contribution is -2.36. The van der Waals surface area contributed by atoms with Gasteiger partial charge in [-0.1, -0.05) is 0 Å². The Balaban J connectivity index is 0.000000538. The molecule has 0 aromatic heterocycles. The second kappa shape index (κ2) is 16.6. The largest absolute Gasteiger partial charge is 0.310 e. The van der Waals surface area contributed by atoms with Crippen LogP contribution in [0.1, 0.15) is 34.1 Å². The maximum absolute atomic E-state index is 11.8. The molecule has 2 N–H and O–H groups in total. The minimum absolute atomic E-state index is 0.0455. The zero-order valence-electron chi connectivity index (χ0n) is 20.6. The highest BCUT2D eigenvalue weighted by Crippen LogP contribution is 2.25. The molecule has 192 valence electrons. The molecule has 1 saturated heterocycles. The number of thiol groups is 1. The lowest BCUT2D eigenvalue weighted by Gasteiger charge is -2.15. The topological polar surface area (TPSA) is 133 Å². The number of hydrogen-bond acceptors (Lipinski definition) is 10. The van der Waals surface area contributed by atoms with Crippen molar-refractivity contribution in [3.05, 3.63) is 12.2 Å². The molecular formula is C22H36N4O6S2. The molecule has 0 bridgehead atoms. The third kappa shape index (κ3) is 10.1. The summed E-state index contributed by atoms with van der Waals surface area (Å²) in [6.45, 7) is 7.51. The minimum Gasteiger partial charge on any atom is -0.310 e. The summed E-state index contributed by atoms with van der Waals surface area (Å²) in [6.07, 6.45) is 2.82. The molecule has 1 fully saturated rings. The molecule has 0 aromatic carbocycles. The van der Waals surface area contributed by atoms with Crippen LogP contribution in [0.25, 0.3) is 0 Å². The number of likely N-dealkylation sites (tertiary alicyclic amines) is 1. The van der Waals surface area contributed by atoms with Crippen LogP contribution in [0.2, 0.25) is 0 Å². The van der Waals surface area contributed by atoms with Crippen LogP contribution in [0.15, 0.2) is 12.2 Å². The molecule has 2 heterocycles. The Kier molecular flexibility index (Phi) is 15.6. The van der Waals surface area contributed by atoms with E-state index in [1.807, 2.05) is 0 Å². The van der Waals surface area contributed by atoms with E-state index in [4.69, 9.17) is 0 Å². The molecule has 0 aliphatic carbocycles. The number of carbonyl (C=O) groups is 6. The first kappa shape index (κ1) is 32.0. The van der Waals surface area contributed by atoms with E-state index in [2.05, 4.69) is 23.3 Å². The number of amides is 4. The Labute approximate surface area is 211 Å². The first-order valence-corrected chi connectivity index (χ1v) is 12.6. The van der Waals surface area contributed by atoms with Gasteiger partial charge in [0.2, 0.25) is 11.8 Å². The highest BCUT2D eigenvalue weighted by atomic mass is 32.2. The molecular weight excluding hydrogens is 480 g/mol. The van der Waals surface area contributed by atoms with Crippen molar-refractivity contribution in [2.75, 3.05) is 38.7 Å². The molecule has 0 radical (unpaired) electrons. The van der Waals surface area contributed by atoms with Gasteiger partial charge in [0, 0.05) is 43.2 Å². The molecule has 2 aliphatic heterocycles. The molecule has 34 heavy (non-hydrogen) atoms. The van der Waals surface area contributed by atoms with E-state index in [0.717, 1.165) is 0 Å². The van der Waals surface area contributed by atoms with E-state index in [1.165, 1.54) is 40.6 Å². The summed E-state index contributed by atoms with van der Waals surface area (Å²) >= 11 is 5.33. The molecule has 12 heteroatoms. The summed E-state index contributed by atoms with van der Waals surface area (Å²) < 4.78 is 0. The van der Waals surface area contributed by atoms with Crippen LogP contribution < -0.4 is 10.6 Å². The highest BCUT2D eigenvalue weighted by molar-refractivity contribution is 8.00. The van der Waals surface area contributed by atoms with Gasteiger partial charge in [-0.2, -0.15) is 12.6 Å². The van der Waals surface area contributed by atoms with Gasteiger partial charge in [-0.15, -0.1) is 11.8 Å². The minimum atomic E-state index is -0.322. The van der Waals surface area contributed by atoms with E-state index in [-0.39, 0.29) is 58.9 Å². The molecule has 0 aromatic rings. The fourth-order valence-corrected chi connectivity index (χ4v) is 4.69. The number of rotatable bonds is 10. The third-order valence-electron chi connectivity index (χ3n) is 5.06. The van der Waals surface area contributed by atoms with Crippen LogP contribution in [0.4, 0.5) is 0 Å². The van der Waals surface area contributed by atoms with Gasteiger partial charge in [0.15, 0.2) is 0 Å². The predicted molar refractivity (Wildman–Crippen MR) is 136 cm³/mol. The van der Waals surface area contributed by atoms with Crippen LogP contribution in [0.5, 0.6) is 0 Å². The average Bonchev–Trinajstić information content (AvgIpc) is 3.26. The summed E-state index contributed by atoms with van der Waals surface area (Å²) in [7, 11) is 3.47. The number of likely N-dealkylation sites (N-methyl/N-ethyl adjacent to an activating group) is 3. The normalized spacial score (nSPS) is 18.9. The smallest absolute Gasteiger partial charge is 0.253 e. The van der Waals surface area contributed by atoms with Crippen LogP contribution >= 0.6 is 24.4 Å². The van der Waals surface area contributed by atoms with Gasteiger partial charge < -0.3 is 10.6 Å². The lowest BCUT2D eigenvalue weighted by molar-refractivity contribution is -0.139. The van der Waals surface area contributed by atoms with E-state index in [1.54, 1.807) is 34.9 Å². The molecule has 2 aliphatic rings. The SMILES string of the molecule is CCN1C(=O)C=CC1=O.CCN1C(=O)CC(SCC(NC)C(C)=O)C1=O.CNC(CS)C(C)=O. The van der Waals surface area contributed by atoms with Gasteiger partial charge in [0.1, 0.15) is 11.6 Å². The number of carbonyl (C=O) groups excluding carboxylic acids is 6. The van der Waals surface area contributed by atoms with Crippen LogP contribution in [-0.4, -0.2) is 101 Å². The zero-order chi connectivity index (χ0) is 26.4. The zero-order valence-corrected chi connectivity index (χ0v) is 22.3. The van der Waals surface area contributed by atoms with Crippen molar-refractivity contribution >= 4 is 59.6 Å². The van der Waals surface area contributed by atoms with Gasteiger partial charge in [0.25, 0.3) is 11.8 Å². The number of nitrogens with one attached hydrogen (secondary N) is 2. The van der Waals surface area contributed by atoms with Crippen molar-refractivity contribution in [2.24, 2.45) is 0 Å². The number of thioether (sulfide) groups is 1. The number of hydrogen-bond donors (Lipinski definition) is 3. The number of Topliss-reactive ketones (excluding diaryl/α,β-unsaturated/α-hetero) is 2. The van der Waals surface area contributed by atoms with Gasteiger partial charge in [-0.05, 0) is 41.8 Å². The second-order valence-electron chi connectivity index (χ2n) is 7.34. The van der Waals surface area contributed by atoms with Crippen molar-refractivity contribution in [3.63, 3.8) is 0 Å². The van der Waals surface area contributed by atoms with Crippen LogP contribution in [-0.2, 0) is 28.8 Å². The fourth-order valence-electron chi connectivity index (χ4n) is 2.90. The standard InChI is InChI=1S/C11H18N2O3S.C6H7NO2.C5H11NOS/c1-4-13-10(15)5-9(11(13)16)17-6-8(12-3)7(2)14;1-2-7-5(8)3-4-6(7)9;1-4(7)5(3-8)6-2/h8-9,12H,4-6H2,1-3H3;3-4H,2H2,1H3;5-6,8H,3H2,1-2H3. The van der Waals surface area contributed by atoms with Crippen molar-refractivity contribution in [1.29, 1.82) is 0 Å². The summed E-state index contributed by atoms with van der Waals surface area (Å²) in [5.74, 6) is 0.634. The van der Waals surface area contributed by atoms with E-state index >= 15 is 0 Å². The van der Waals surface area contributed by atoms with E-state index in [9.17, 15) is 28.8 Å². The molecule has 0 spiro atoms. The maximum atomic E-state index is 11.8. The highest BCUT2D eigenvalue weighted by Gasteiger charge is 2.38. The van der Waals surface area contributed by atoms with Crippen LogP contribution in [0.3, 0.4) is 0 Å². The molecule has 2 rings (SSSR count). The Hall–Kier alpha value is -2.02. The van der Waals surface area contributed by atoms with Crippen LogP contribution in [0, 0.1) is 0 Å². The van der Waals surface area contributed by atoms with Crippen molar-refractivity contribution in [2.45, 2.75) is 51.4 Å². The molecule has 10 nitrogen and oxygen atoms in total. The lowest BCUT2D eigenvalue weighted by atomic mass is 10.2. The first-order valence-electron chi connectivity index (χ1n) is 10.9. The molecule has 0 saturated carbocycles. The maximum Gasteiger partial charge on any atom is 0.253 e. The van der Waals surface area contributed by atoms with Gasteiger partial charge >= 0.3 is 0 Å². The quantitative estimate of drug-likeness (QED) is 0.272. The van der Waals surface area contributed by atoms with Gasteiger partial charge in [-0.3, -0.25) is 38.6 Å². The molecule has 3 unspecified atom stereocenters. The summed E-state index contributed by atoms with van der Waals surface area (Å²) in [5, 5.41) is 5.40. The summed E-state index contributed by atoms with van der Waals surface area (Å²) in [6, 6.07) is -0.322. The average molecular weight is 517 g/mol. The second-order valence-corrected chi connectivity index (χ2v) is 8.94. The Morgan fingerprint density at radius 1 is 0.971 bits per heavy atom. The van der Waals surface area contributed by atoms with Crippen molar-refractivity contribution in [1.82, 2.24) is 20.4 Å². The first-order chi connectivity index (χ1) is 16.0. The summed E-state index contributed by atoms with van der Waals surface area (Å²) in [4.78, 5) is 68.7. The molecule has 3 atom stereocenters. The van der Waals surface area contributed by atoms with Gasteiger partial charge in [0.05, 0.1) is 17.3 Å². The number of imide groups is 2. The third-order valence-corrected chi connectivity index (χ3v) is 6.72. The van der Waals surface area contributed by atoms with Crippen molar-refractivity contribution in [3.8, 4) is 0 Å². The van der Waals surface area contributed by atoms with Gasteiger partial charge in [-0.25, -0.2) is 0 Å². The number of ketones is 2. The summed E-state index contributed by atoms with van der Waals surface area (Å²) in [5.41, 5.74) is 0. The van der Waals surface area contributed by atoms with Crippen molar-refractivity contribution < 1.29 is 28.8 Å². The Morgan fingerprint density at radius 3 is 1.71 bits per heavy atom.